The Kier molecular flexibility index (Phi) is 4.69. The maximum absolute atomic E-state index is 12.3. The van der Waals surface area contributed by atoms with Gasteiger partial charge >= 0.3 is 0 Å². The highest BCUT2D eigenvalue weighted by molar-refractivity contribution is 6.32. The minimum Gasteiger partial charge on any atom is -0.488 e. The quantitative estimate of drug-likeness (QED) is 0.793. The molecule has 0 saturated carbocycles. The Morgan fingerprint density at radius 2 is 2.14 bits per heavy atom. The molecule has 0 spiro atoms. The maximum Gasteiger partial charge on any atom is 0.194 e. The predicted octanol–water partition coefficient (Wildman–Crippen LogP) is 3.26. The minimum atomic E-state index is -0.249. The summed E-state index contributed by atoms with van der Waals surface area (Å²) in [6, 6.07) is 5.96. The fourth-order valence-corrected chi connectivity index (χ4v) is 1.82. The van der Waals surface area contributed by atoms with E-state index in [0.29, 0.717) is 17.4 Å². The first-order chi connectivity index (χ1) is 10.2. The van der Waals surface area contributed by atoms with Crippen LogP contribution in [-0.2, 0) is 6.61 Å². The predicted molar refractivity (Wildman–Crippen MR) is 71.9 cm³/mol. The molecule has 1 aromatic carbocycles. The first-order valence-corrected chi connectivity index (χ1v) is 6.10. The number of hydrogen-bond donors (Lipinski definition) is 0. The maximum atomic E-state index is 12.3. The van der Waals surface area contributed by atoms with Gasteiger partial charge in [-0.15, -0.1) is 0 Å². The molecular formula is C14H8ClFN2O3. The van der Waals surface area contributed by atoms with Gasteiger partial charge < -0.3 is 4.74 Å². The number of aldehydes is 1. The van der Waals surface area contributed by atoms with Crippen LogP contribution in [0.25, 0.3) is 0 Å². The number of halogens is 2. The zero-order valence-electron chi connectivity index (χ0n) is 10.5. The number of carbonyl (C=O) groups excluding carboxylic acids is 1. The largest absolute Gasteiger partial charge is 0.488 e. The van der Waals surface area contributed by atoms with Crippen molar-refractivity contribution in [2.45, 2.75) is 6.61 Å². The molecule has 0 fully saturated rings. The Morgan fingerprint density at radius 1 is 1.33 bits per heavy atom. The number of ether oxygens (including phenoxy) is 1. The second kappa shape index (κ2) is 6.68. The molecule has 0 aliphatic heterocycles. The van der Waals surface area contributed by atoms with Crippen molar-refractivity contribution >= 4 is 17.9 Å². The van der Waals surface area contributed by atoms with Gasteiger partial charge in [-0.25, -0.2) is 0 Å². The first-order valence-electron chi connectivity index (χ1n) is 5.72. The lowest BCUT2D eigenvalue weighted by molar-refractivity contribution is -0.00637. The van der Waals surface area contributed by atoms with Gasteiger partial charge in [0.15, 0.2) is 12.0 Å². The second-order valence-corrected chi connectivity index (χ2v) is 4.41. The third-order valence-electron chi connectivity index (χ3n) is 2.59. The molecule has 1 heterocycles. The highest BCUT2D eigenvalue weighted by atomic mass is 35.5. The van der Waals surface area contributed by atoms with Gasteiger partial charge in [-0.3, -0.25) is 14.7 Å². The van der Waals surface area contributed by atoms with E-state index in [2.05, 4.69) is 9.93 Å². The summed E-state index contributed by atoms with van der Waals surface area (Å²) >= 11 is 5.71. The molecular weight excluding hydrogens is 299 g/mol. The number of aromatic nitrogens is 1. The summed E-state index contributed by atoms with van der Waals surface area (Å²) in [4.78, 5) is 18.4. The molecule has 0 atom stereocenters. The lowest BCUT2D eigenvalue weighted by atomic mass is 10.2. The molecule has 0 saturated heterocycles. The number of hydrogen-bond acceptors (Lipinski definition) is 5. The van der Waals surface area contributed by atoms with E-state index in [1.165, 1.54) is 24.5 Å². The number of nitriles is 1. The van der Waals surface area contributed by atoms with Gasteiger partial charge in [-0.05, 0) is 12.1 Å². The Balaban J connectivity index is 2.22. The fourth-order valence-electron chi connectivity index (χ4n) is 1.62. The molecule has 0 unspecified atom stereocenters. The average Bonchev–Trinajstić information content (AvgIpc) is 2.53. The lowest BCUT2D eigenvalue weighted by Gasteiger charge is -2.10. The molecule has 0 N–H and O–H groups in total. The molecule has 1 aromatic heterocycles. The average molecular weight is 307 g/mol. The van der Waals surface area contributed by atoms with E-state index >= 15 is 0 Å². The van der Waals surface area contributed by atoms with Crippen LogP contribution in [0, 0.1) is 11.3 Å². The SMILES string of the molecule is N#Cc1cncc(COc2cc(OF)c(Cl)cc2C=O)c1. The first kappa shape index (κ1) is 14.8. The highest BCUT2D eigenvalue weighted by Gasteiger charge is 2.12. The van der Waals surface area contributed by atoms with Crippen molar-refractivity contribution in [2.75, 3.05) is 0 Å². The summed E-state index contributed by atoms with van der Waals surface area (Å²) in [5.74, 6) is -0.134. The number of benzene rings is 1. The van der Waals surface area contributed by atoms with E-state index in [9.17, 15) is 9.32 Å². The fraction of sp³-hybridized carbons (Fsp3) is 0.0714. The Morgan fingerprint density at radius 3 is 2.81 bits per heavy atom. The third kappa shape index (κ3) is 3.46. The highest BCUT2D eigenvalue weighted by Crippen LogP contribution is 2.32. The van der Waals surface area contributed by atoms with E-state index in [-0.39, 0.29) is 28.7 Å². The number of pyridine rings is 1. The number of carbonyl (C=O) groups is 1. The van der Waals surface area contributed by atoms with Crippen LogP contribution < -0.4 is 9.68 Å². The smallest absolute Gasteiger partial charge is 0.194 e. The van der Waals surface area contributed by atoms with Crippen molar-refractivity contribution in [3.63, 3.8) is 0 Å². The van der Waals surface area contributed by atoms with Crippen molar-refractivity contribution in [1.82, 2.24) is 4.98 Å². The second-order valence-electron chi connectivity index (χ2n) is 4.00. The summed E-state index contributed by atoms with van der Waals surface area (Å²) < 4.78 is 17.7. The molecule has 5 nitrogen and oxygen atoms in total. The monoisotopic (exact) mass is 306 g/mol. The zero-order chi connectivity index (χ0) is 15.2. The molecule has 0 aliphatic carbocycles. The topological polar surface area (TPSA) is 72.2 Å². The molecule has 2 aromatic rings. The van der Waals surface area contributed by atoms with Crippen molar-refractivity contribution in [3.05, 3.63) is 52.3 Å². The molecule has 0 bridgehead atoms. The van der Waals surface area contributed by atoms with Crippen molar-refractivity contribution < 1.29 is 19.0 Å². The minimum absolute atomic E-state index is 0.0416. The van der Waals surface area contributed by atoms with Crippen molar-refractivity contribution in [1.29, 1.82) is 5.26 Å². The van der Waals surface area contributed by atoms with E-state index in [1.54, 1.807) is 6.07 Å². The van der Waals surface area contributed by atoms with Crippen LogP contribution in [0.4, 0.5) is 4.53 Å². The zero-order valence-corrected chi connectivity index (χ0v) is 11.3. The molecule has 106 valence electrons. The Bertz CT molecular complexity index is 716. The van der Waals surface area contributed by atoms with Gasteiger partial charge in [0.25, 0.3) is 0 Å². The Hall–Kier alpha value is -2.65. The van der Waals surface area contributed by atoms with E-state index in [4.69, 9.17) is 21.6 Å². The lowest BCUT2D eigenvalue weighted by Crippen LogP contribution is -2.00. The molecule has 0 radical (unpaired) electrons. The van der Waals surface area contributed by atoms with E-state index in [1.807, 2.05) is 6.07 Å². The molecule has 0 aliphatic rings. The van der Waals surface area contributed by atoms with Crippen LogP contribution in [0.5, 0.6) is 11.5 Å². The summed E-state index contributed by atoms with van der Waals surface area (Å²) in [6.07, 6.45) is 3.47. The third-order valence-corrected chi connectivity index (χ3v) is 2.89. The van der Waals surface area contributed by atoms with Gasteiger partial charge in [0.1, 0.15) is 18.4 Å². The summed E-state index contributed by atoms with van der Waals surface area (Å²) in [5.41, 5.74) is 1.17. The molecule has 21 heavy (non-hydrogen) atoms. The molecule has 0 amide bonds. The normalized spacial score (nSPS) is 9.76. The summed E-state index contributed by atoms with van der Waals surface area (Å²) in [7, 11) is 0. The van der Waals surface area contributed by atoms with Crippen LogP contribution in [0.1, 0.15) is 21.5 Å². The van der Waals surface area contributed by atoms with Crippen LogP contribution in [0.2, 0.25) is 5.02 Å². The van der Waals surface area contributed by atoms with Gasteiger partial charge in [-0.1, -0.05) is 11.6 Å². The van der Waals surface area contributed by atoms with Crippen molar-refractivity contribution in [3.8, 4) is 17.6 Å². The van der Waals surface area contributed by atoms with Crippen LogP contribution >= 0.6 is 11.6 Å². The molecule has 7 heteroatoms. The van der Waals surface area contributed by atoms with E-state index < -0.39 is 0 Å². The number of rotatable bonds is 5. The van der Waals surface area contributed by atoms with Crippen LogP contribution in [0.3, 0.4) is 0 Å². The van der Waals surface area contributed by atoms with E-state index in [0.717, 1.165) is 0 Å². The van der Waals surface area contributed by atoms with Gasteiger partial charge in [0.2, 0.25) is 0 Å². The molecule has 2 rings (SSSR count). The van der Waals surface area contributed by atoms with Crippen molar-refractivity contribution in [2.24, 2.45) is 0 Å². The summed E-state index contributed by atoms with van der Waals surface area (Å²) in [6.45, 7) is 0.0523. The van der Waals surface area contributed by atoms with Crippen LogP contribution in [-0.4, -0.2) is 11.3 Å². The number of nitrogens with zero attached hydrogens (tertiary/aromatic N) is 2. The van der Waals surface area contributed by atoms with Crippen LogP contribution in [0.15, 0.2) is 30.6 Å². The van der Waals surface area contributed by atoms with Gasteiger partial charge in [-0.2, -0.15) is 5.26 Å². The Labute approximate surface area is 124 Å². The van der Waals surface area contributed by atoms with Gasteiger partial charge in [0, 0.05) is 28.5 Å². The standard InChI is InChI=1S/C14H8ClFN2O3/c15-12-2-11(7-19)13(3-14(12)21-16)20-8-10-1-9(4-17)5-18-6-10/h1-3,5-7H,8H2. The van der Waals surface area contributed by atoms with Gasteiger partial charge in [0.05, 0.1) is 16.1 Å². The summed E-state index contributed by atoms with van der Waals surface area (Å²) in [5, 5.41) is 8.74.